The molecule has 2 amide bonds. The third kappa shape index (κ3) is 3.32. The van der Waals surface area contributed by atoms with E-state index in [1.54, 1.807) is 18.2 Å². The van der Waals surface area contributed by atoms with Gasteiger partial charge in [0, 0.05) is 18.2 Å². The predicted molar refractivity (Wildman–Crippen MR) is 72.4 cm³/mol. The van der Waals surface area contributed by atoms with E-state index in [0.717, 1.165) is 18.5 Å². The van der Waals surface area contributed by atoms with Crippen LogP contribution in [-0.4, -0.2) is 24.4 Å². The number of carbonyl (C=O) groups excluding carboxylic acids is 2. The van der Waals surface area contributed by atoms with Crippen molar-refractivity contribution in [3.05, 3.63) is 35.4 Å². The SMILES string of the molecule is CC1NCCC1C(=O)NCc1cccc(C(N)=O)c1. The molecule has 1 aliphatic rings. The highest BCUT2D eigenvalue weighted by Crippen LogP contribution is 2.15. The Morgan fingerprint density at radius 1 is 1.47 bits per heavy atom. The van der Waals surface area contributed by atoms with Crippen LogP contribution in [0.1, 0.15) is 29.3 Å². The van der Waals surface area contributed by atoms with Crippen molar-refractivity contribution in [3.63, 3.8) is 0 Å². The van der Waals surface area contributed by atoms with E-state index < -0.39 is 5.91 Å². The molecule has 1 fully saturated rings. The molecule has 0 radical (unpaired) electrons. The third-order valence-corrected chi connectivity index (χ3v) is 3.54. The van der Waals surface area contributed by atoms with E-state index in [9.17, 15) is 9.59 Å². The highest BCUT2D eigenvalue weighted by molar-refractivity contribution is 5.92. The normalized spacial score (nSPS) is 22.2. The fourth-order valence-corrected chi connectivity index (χ4v) is 2.37. The van der Waals surface area contributed by atoms with Gasteiger partial charge in [-0.1, -0.05) is 12.1 Å². The van der Waals surface area contributed by atoms with E-state index in [4.69, 9.17) is 5.73 Å². The average Bonchev–Trinajstić information content (AvgIpc) is 2.82. The van der Waals surface area contributed by atoms with Gasteiger partial charge in [0.1, 0.15) is 0 Å². The molecule has 5 heteroatoms. The Labute approximate surface area is 112 Å². The van der Waals surface area contributed by atoms with Crippen LogP contribution in [0.25, 0.3) is 0 Å². The summed E-state index contributed by atoms with van der Waals surface area (Å²) in [6.45, 7) is 3.32. The summed E-state index contributed by atoms with van der Waals surface area (Å²) in [5.41, 5.74) is 6.56. The highest BCUT2D eigenvalue weighted by atomic mass is 16.2. The molecule has 5 nitrogen and oxygen atoms in total. The summed E-state index contributed by atoms with van der Waals surface area (Å²) < 4.78 is 0. The molecular weight excluding hydrogens is 242 g/mol. The van der Waals surface area contributed by atoms with Crippen molar-refractivity contribution in [2.45, 2.75) is 25.9 Å². The predicted octanol–water partition coefficient (Wildman–Crippen LogP) is 0.400. The molecule has 1 aromatic carbocycles. The number of nitrogens with one attached hydrogen (secondary N) is 2. The molecule has 19 heavy (non-hydrogen) atoms. The van der Waals surface area contributed by atoms with Gasteiger partial charge in [-0.05, 0) is 37.6 Å². The number of carbonyl (C=O) groups is 2. The van der Waals surface area contributed by atoms with Gasteiger partial charge in [-0.2, -0.15) is 0 Å². The van der Waals surface area contributed by atoms with E-state index in [0.29, 0.717) is 12.1 Å². The Balaban J connectivity index is 1.93. The van der Waals surface area contributed by atoms with Crippen molar-refractivity contribution in [3.8, 4) is 0 Å². The van der Waals surface area contributed by atoms with Gasteiger partial charge < -0.3 is 16.4 Å². The maximum atomic E-state index is 12.0. The number of amides is 2. The van der Waals surface area contributed by atoms with E-state index >= 15 is 0 Å². The van der Waals surface area contributed by atoms with E-state index in [1.165, 1.54) is 0 Å². The number of hydrogen-bond acceptors (Lipinski definition) is 3. The standard InChI is InChI=1S/C14H19N3O2/c1-9-12(5-6-16-9)14(19)17-8-10-3-2-4-11(7-10)13(15)18/h2-4,7,9,12,16H,5-6,8H2,1H3,(H2,15,18)(H,17,19). The van der Waals surface area contributed by atoms with Crippen molar-refractivity contribution in [1.29, 1.82) is 0 Å². The number of primary amides is 1. The van der Waals surface area contributed by atoms with Crippen LogP contribution in [0.15, 0.2) is 24.3 Å². The second-order valence-electron chi connectivity index (χ2n) is 4.92. The first-order chi connectivity index (χ1) is 9.08. The minimum Gasteiger partial charge on any atom is -0.366 e. The van der Waals surface area contributed by atoms with E-state index in [2.05, 4.69) is 10.6 Å². The maximum absolute atomic E-state index is 12.0. The van der Waals surface area contributed by atoms with Gasteiger partial charge in [-0.25, -0.2) is 0 Å². The lowest BCUT2D eigenvalue weighted by Gasteiger charge is -2.15. The minimum atomic E-state index is -0.457. The Hall–Kier alpha value is -1.88. The molecule has 0 aromatic heterocycles. The van der Waals surface area contributed by atoms with E-state index in [1.807, 2.05) is 13.0 Å². The van der Waals surface area contributed by atoms with Gasteiger partial charge in [-0.3, -0.25) is 9.59 Å². The molecular formula is C14H19N3O2. The Bertz CT molecular complexity index is 487. The number of rotatable bonds is 4. The summed E-state index contributed by atoms with van der Waals surface area (Å²) in [6, 6.07) is 7.22. The first-order valence-electron chi connectivity index (χ1n) is 6.48. The van der Waals surface area contributed by atoms with Crippen molar-refractivity contribution in [1.82, 2.24) is 10.6 Å². The molecule has 4 N–H and O–H groups in total. The van der Waals surface area contributed by atoms with Gasteiger partial charge in [0.15, 0.2) is 0 Å². The summed E-state index contributed by atoms with van der Waals surface area (Å²) in [4.78, 5) is 23.1. The monoisotopic (exact) mass is 261 g/mol. The summed E-state index contributed by atoms with van der Waals surface area (Å²) in [5, 5.41) is 6.16. The number of hydrogen-bond donors (Lipinski definition) is 3. The summed E-state index contributed by atoms with van der Waals surface area (Å²) in [7, 11) is 0. The van der Waals surface area contributed by atoms with Crippen LogP contribution < -0.4 is 16.4 Å². The molecule has 2 unspecified atom stereocenters. The molecule has 0 bridgehead atoms. The Morgan fingerprint density at radius 3 is 2.89 bits per heavy atom. The molecule has 1 aromatic rings. The zero-order valence-electron chi connectivity index (χ0n) is 11.0. The second-order valence-corrected chi connectivity index (χ2v) is 4.92. The van der Waals surface area contributed by atoms with Crippen LogP contribution >= 0.6 is 0 Å². The van der Waals surface area contributed by atoms with Crippen molar-refractivity contribution >= 4 is 11.8 Å². The molecule has 0 spiro atoms. The van der Waals surface area contributed by atoms with Crippen LogP contribution in [0.5, 0.6) is 0 Å². The zero-order chi connectivity index (χ0) is 13.8. The van der Waals surface area contributed by atoms with E-state index in [-0.39, 0.29) is 17.9 Å². The summed E-state index contributed by atoms with van der Waals surface area (Å²) in [6.07, 6.45) is 0.869. The Morgan fingerprint density at radius 2 is 2.26 bits per heavy atom. The molecule has 102 valence electrons. The first-order valence-corrected chi connectivity index (χ1v) is 6.48. The second kappa shape index (κ2) is 5.84. The van der Waals surface area contributed by atoms with Crippen LogP contribution in [0.2, 0.25) is 0 Å². The lowest BCUT2D eigenvalue weighted by atomic mass is 10.0. The lowest BCUT2D eigenvalue weighted by molar-refractivity contribution is -0.125. The van der Waals surface area contributed by atoms with Crippen LogP contribution in [0.3, 0.4) is 0 Å². The third-order valence-electron chi connectivity index (χ3n) is 3.54. The molecule has 2 atom stereocenters. The number of benzene rings is 1. The summed E-state index contributed by atoms with van der Waals surface area (Å²) in [5.74, 6) is -0.372. The Kier molecular flexibility index (Phi) is 4.16. The van der Waals surface area contributed by atoms with Crippen LogP contribution in [-0.2, 0) is 11.3 Å². The maximum Gasteiger partial charge on any atom is 0.248 e. The quantitative estimate of drug-likeness (QED) is 0.733. The van der Waals surface area contributed by atoms with Gasteiger partial charge in [0.2, 0.25) is 11.8 Å². The van der Waals surface area contributed by atoms with Gasteiger partial charge >= 0.3 is 0 Å². The molecule has 2 rings (SSSR count). The fourth-order valence-electron chi connectivity index (χ4n) is 2.37. The largest absolute Gasteiger partial charge is 0.366 e. The van der Waals surface area contributed by atoms with Gasteiger partial charge in [0.25, 0.3) is 0 Å². The lowest BCUT2D eigenvalue weighted by Crippen LogP contribution is -2.36. The molecule has 1 aliphatic heterocycles. The van der Waals surface area contributed by atoms with Crippen molar-refractivity contribution in [2.75, 3.05) is 6.54 Å². The molecule has 0 aliphatic carbocycles. The smallest absolute Gasteiger partial charge is 0.248 e. The summed E-state index contributed by atoms with van der Waals surface area (Å²) >= 11 is 0. The first kappa shape index (κ1) is 13.5. The topological polar surface area (TPSA) is 84.2 Å². The van der Waals surface area contributed by atoms with Crippen LogP contribution in [0.4, 0.5) is 0 Å². The van der Waals surface area contributed by atoms with Crippen molar-refractivity contribution < 1.29 is 9.59 Å². The van der Waals surface area contributed by atoms with Gasteiger partial charge in [0.05, 0.1) is 5.92 Å². The fraction of sp³-hybridized carbons (Fsp3) is 0.429. The minimum absolute atomic E-state index is 0.0272. The molecule has 1 heterocycles. The van der Waals surface area contributed by atoms with Crippen LogP contribution in [0, 0.1) is 5.92 Å². The zero-order valence-corrected chi connectivity index (χ0v) is 11.0. The van der Waals surface area contributed by atoms with Crippen molar-refractivity contribution in [2.24, 2.45) is 11.7 Å². The highest BCUT2D eigenvalue weighted by Gasteiger charge is 2.28. The number of nitrogens with two attached hydrogens (primary N) is 1. The van der Waals surface area contributed by atoms with Gasteiger partial charge in [-0.15, -0.1) is 0 Å². The molecule has 1 saturated heterocycles. The average molecular weight is 261 g/mol. The molecule has 0 saturated carbocycles.